The van der Waals surface area contributed by atoms with E-state index in [4.69, 9.17) is 23.8 Å². The predicted molar refractivity (Wildman–Crippen MR) is 79.5 cm³/mol. The number of allylic oxidation sites excluding steroid dienone is 2. The molecule has 0 aromatic heterocycles. The van der Waals surface area contributed by atoms with Gasteiger partial charge in [-0.25, -0.2) is 0 Å². The molecule has 0 spiro atoms. The topological polar surface area (TPSA) is 24.1 Å². The Kier molecular flexibility index (Phi) is 6.01. The lowest BCUT2D eigenvalue weighted by molar-refractivity contribution is 0.960. The van der Waals surface area contributed by atoms with Crippen LogP contribution >= 0.6 is 23.8 Å². The summed E-state index contributed by atoms with van der Waals surface area (Å²) in [6.45, 7) is 4.19. The smallest absolute Gasteiger partial charge is 0.175 e. The van der Waals surface area contributed by atoms with Crippen molar-refractivity contribution in [2.75, 3.05) is 5.32 Å². The SMILES string of the molecule is CC/C=C(\CC)NC(=S)Nc1ccccc1Cl. The van der Waals surface area contributed by atoms with Crippen LogP contribution in [0.4, 0.5) is 5.69 Å². The van der Waals surface area contributed by atoms with Crippen molar-refractivity contribution in [3.05, 3.63) is 41.1 Å². The third-order valence-electron chi connectivity index (χ3n) is 2.23. The normalized spacial score (nSPS) is 11.1. The lowest BCUT2D eigenvalue weighted by Gasteiger charge is -2.13. The van der Waals surface area contributed by atoms with E-state index < -0.39 is 0 Å². The lowest BCUT2D eigenvalue weighted by Crippen LogP contribution is -2.27. The van der Waals surface area contributed by atoms with Gasteiger partial charge < -0.3 is 10.6 Å². The van der Waals surface area contributed by atoms with Gasteiger partial charge >= 0.3 is 0 Å². The van der Waals surface area contributed by atoms with Crippen LogP contribution in [0.1, 0.15) is 26.7 Å². The molecule has 2 N–H and O–H groups in total. The second-order valence-electron chi connectivity index (χ2n) is 3.55. The van der Waals surface area contributed by atoms with E-state index in [-0.39, 0.29) is 0 Å². The summed E-state index contributed by atoms with van der Waals surface area (Å²) in [5.74, 6) is 0. The van der Waals surface area contributed by atoms with E-state index in [1.165, 1.54) is 0 Å². The fourth-order valence-electron chi connectivity index (χ4n) is 1.39. The zero-order valence-electron chi connectivity index (χ0n) is 10.1. The van der Waals surface area contributed by atoms with E-state index in [2.05, 4.69) is 30.6 Å². The van der Waals surface area contributed by atoms with Gasteiger partial charge in [0.1, 0.15) is 0 Å². The van der Waals surface area contributed by atoms with Gasteiger partial charge in [-0.05, 0) is 37.2 Å². The molecule has 1 rings (SSSR count). The Morgan fingerprint density at radius 2 is 2.06 bits per heavy atom. The number of halogens is 1. The summed E-state index contributed by atoms with van der Waals surface area (Å²) in [6, 6.07) is 7.53. The van der Waals surface area contributed by atoms with Crippen LogP contribution in [0, 0.1) is 0 Å². The van der Waals surface area contributed by atoms with Crippen molar-refractivity contribution in [3.63, 3.8) is 0 Å². The highest BCUT2D eigenvalue weighted by molar-refractivity contribution is 7.80. The highest BCUT2D eigenvalue weighted by atomic mass is 35.5. The number of thiocarbonyl (C=S) groups is 1. The molecule has 0 aliphatic carbocycles. The average molecular weight is 269 g/mol. The van der Waals surface area contributed by atoms with E-state index >= 15 is 0 Å². The molecule has 0 radical (unpaired) electrons. The molecule has 4 heteroatoms. The van der Waals surface area contributed by atoms with Gasteiger partial charge in [0.25, 0.3) is 0 Å². The molecular weight excluding hydrogens is 252 g/mol. The molecule has 0 aliphatic heterocycles. The lowest BCUT2D eigenvalue weighted by atomic mass is 10.3. The van der Waals surface area contributed by atoms with Gasteiger partial charge in [-0.1, -0.05) is 43.7 Å². The number of benzene rings is 1. The van der Waals surface area contributed by atoms with Crippen molar-refractivity contribution in [2.45, 2.75) is 26.7 Å². The van der Waals surface area contributed by atoms with E-state index in [0.717, 1.165) is 24.2 Å². The maximum Gasteiger partial charge on any atom is 0.175 e. The predicted octanol–water partition coefficient (Wildman–Crippen LogP) is 4.33. The minimum atomic E-state index is 0.569. The molecule has 0 saturated heterocycles. The van der Waals surface area contributed by atoms with E-state index in [0.29, 0.717) is 10.1 Å². The van der Waals surface area contributed by atoms with Gasteiger partial charge in [0, 0.05) is 5.70 Å². The van der Waals surface area contributed by atoms with Crippen molar-refractivity contribution in [3.8, 4) is 0 Å². The number of nitrogens with one attached hydrogen (secondary N) is 2. The van der Waals surface area contributed by atoms with Gasteiger partial charge in [-0.15, -0.1) is 0 Å². The molecule has 0 saturated carbocycles. The molecule has 0 atom stereocenters. The number of rotatable bonds is 4. The highest BCUT2D eigenvalue weighted by Gasteiger charge is 2.02. The molecular formula is C13H17ClN2S. The minimum Gasteiger partial charge on any atom is -0.336 e. The van der Waals surface area contributed by atoms with E-state index in [9.17, 15) is 0 Å². The first-order valence-electron chi connectivity index (χ1n) is 5.69. The maximum absolute atomic E-state index is 6.04. The minimum absolute atomic E-state index is 0.569. The third kappa shape index (κ3) is 4.75. The Hall–Kier alpha value is -1.06. The molecule has 1 aromatic rings. The largest absolute Gasteiger partial charge is 0.336 e. The van der Waals surface area contributed by atoms with Crippen molar-refractivity contribution in [1.82, 2.24) is 5.32 Å². The highest BCUT2D eigenvalue weighted by Crippen LogP contribution is 2.20. The second-order valence-corrected chi connectivity index (χ2v) is 4.37. The number of hydrogen-bond donors (Lipinski definition) is 2. The zero-order valence-corrected chi connectivity index (χ0v) is 11.7. The van der Waals surface area contributed by atoms with Gasteiger partial charge in [-0.3, -0.25) is 0 Å². The zero-order chi connectivity index (χ0) is 12.7. The van der Waals surface area contributed by atoms with Crippen molar-refractivity contribution in [1.29, 1.82) is 0 Å². The van der Waals surface area contributed by atoms with E-state index in [1.807, 2.05) is 24.3 Å². The first-order valence-corrected chi connectivity index (χ1v) is 6.47. The Morgan fingerprint density at radius 1 is 1.35 bits per heavy atom. The fraction of sp³-hybridized carbons (Fsp3) is 0.308. The number of anilines is 1. The van der Waals surface area contributed by atoms with Crippen LogP contribution in [0.5, 0.6) is 0 Å². The van der Waals surface area contributed by atoms with Crippen LogP contribution in [0.2, 0.25) is 5.02 Å². The van der Waals surface area contributed by atoms with Gasteiger partial charge in [0.15, 0.2) is 5.11 Å². The molecule has 0 bridgehead atoms. The van der Waals surface area contributed by atoms with Crippen molar-refractivity contribution < 1.29 is 0 Å². The second kappa shape index (κ2) is 7.30. The molecule has 0 amide bonds. The van der Waals surface area contributed by atoms with Crippen LogP contribution in [0.25, 0.3) is 0 Å². The van der Waals surface area contributed by atoms with Crippen LogP contribution in [-0.4, -0.2) is 5.11 Å². The molecule has 1 aromatic carbocycles. The standard InChI is InChI=1S/C13H17ClN2S/c1-3-7-10(4-2)15-13(17)16-12-9-6-5-8-11(12)14/h5-9H,3-4H2,1-2H3,(H2,15,16,17)/b10-7+. The summed E-state index contributed by atoms with van der Waals surface area (Å²) in [4.78, 5) is 0. The molecule has 92 valence electrons. The van der Waals surface area contributed by atoms with Crippen LogP contribution < -0.4 is 10.6 Å². The monoisotopic (exact) mass is 268 g/mol. The third-order valence-corrected chi connectivity index (χ3v) is 2.76. The Balaban J connectivity index is 2.61. The molecule has 0 heterocycles. The van der Waals surface area contributed by atoms with Crippen molar-refractivity contribution in [2.24, 2.45) is 0 Å². The summed E-state index contributed by atoms with van der Waals surface area (Å²) in [6.07, 6.45) is 4.05. The Morgan fingerprint density at radius 3 is 2.65 bits per heavy atom. The average Bonchev–Trinajstić information content (AvgIpc) is 2.31. The Bertz CT molecular complexity index is 416. The van der Waals surface area contributed by atoms with Crippen LogP contribution in [0.15, 0.2) is 36.0 Å². The van der Waals surface area contributed by atoms with Gasteiger partial charge in [0.05, 0.1) is 10.7 Å². The summed E-state index contributed by atoms with van der Waals surface area (Å²) >= 11 is 11.3. The quantitative estimate of drug-likeness (QED) is 0.795. The summed E-state index contributed by atoms with van der Waals surface area (Å²) in [5.41, 5.74) is 1.94. The fourth-order valence-corrected chi connectivity index (χ4v) is 1.82. The molecule has 0 unspecified atom stereocenters. The molecule has 17 heavy (non-hydrogen) atoms. The first kappa shape index (κ1) is 14.0. The first-order chi connectivity index (χ1) is 8.17. The number of hydrogen-bond acceptors (Lipinski definition) is 1. The summed E-state index contributed by atoms with van der Waals surface area (Å²) < 4.78 is 0. The maximum atomic E-state index is 6.04. The number of para-hydroxylation sites is 1. The molecule has 2 nitrogen and oxygen atoms in total. The molecule has 0 fully saturated rings. The van der Waals surface area contributed by atoms with Gasteiger partial charge in [0.2, 0.25) is 0 Å². The van der Waals surface area contributed by atoms with Gasteiger partial charge in [-0.2, -0.15) is 0 Å². The van der Waals surface area contributed by atoms with E-state index in [1.54, 1.807) is 0 Å². The van der Waals surface area contributed by atoms with Crippen molar-refractivity contribution >= 4 is 34.6 Å². The molecule has 0 aliphatic rings. The summed E-state index contributed by atoms with van der Waals surface area (Å²) in [5, 5.41) is 7.48. The Labute approximate surface area is 113 Å². The van der Waals surface area contributed by atoms with Crippen LogP contribution in [-0.2, 0) is 0 Å². The van der Waals surface area contributed by atoms with Crippen LogP contribution in [0.3, 0.4) is 0 Å². The summed E-state index contributed by atoms with van der Waals surface area (Å²) in [7, 11) is 0.